The van der Waals surface area contributed by atoms with Gasteiger partial charge >= 0.3 is 0 Å². The second kappa shape index (κ2) is 7.39. The number of fused-ring (bicyclic) bond motifs is 1. The average Bonchev–Trinajstić information content (AvgIpc) is 3.24. The fourth-order valence-electron chi connectivity index (χ4n) is 3.81. The highest BCUT2D eigenvalue weighted by Crippen LogP contribution is 2.30. The van der Waals surface area contributed by atoms with E-state index in [1.807, 2.05) is 17.5 Å². The highest BCUT2D eigenvalue weighted by atomic mass is 32.2. The number of nitrogens with one attached hydrogen (secondary N) is 1. The first-order valence-corrected chi connectivity index (χ1v) is 12.1. The highest BCUT2D eigenvalue weighted by Gasteiger charge is 2.33. The maximum absolute atomic E-state index is 12.6. The second-order valence-electron chi connectivity index (χ2n) is 7.83. The van der Waals surface area contributed by atoms with Crippen LogP contribution in [0.2, 0.25) is 0 Å². The molecule has 1 aliphatic rings. The van der Waals surface area contributed by atoms with Crippen molar-refractivity contribution in [1.82, 2.24) is 10.3 Å². The highest BCUT2D eigenvalue weighted by molar-refractivity contribution is 7.90. The molecular weight excluding hydrogens is 404 g/mol. The molecule has 7 heteroatoms. The number of nitrogens with zero attached hydrogens (tertiary/aromatic N) is 1. The number of aromatic nitrogens is 1. The minimum atomic E-state index is -3.22. The van der Waals surface area contributed by atoms with Crippen LogP contribution < -0.4 is 5.32 Å². The SMILES string of the molecule is CC1(NC(=O)Cc2nc(-c3ccc(S(C)(=O)=O)cc3)cs2)Cc2ccccc2C1. The molecule has 3 aromatic rings. The summed E-state index contributed by atoms with van der Waals surface area (Å²) in [5, 5.41) is 5.82. The molecule has 5 nitrogen and oxygen atoms in total. The van der Waals surface area contributed by atoms with Gasteiger partial charge in [-0.2, -0.15) is 0 Å². The Morgan fingerprint density at radius 3 is 2.31 bits per heavy atom. The molecule has 29 heavy (non-hydrogen) atoms. The van der Waals surface area contributed by atoms with Crippen LogP contribution >= 0.6 is 11.3 Å². The fraction of sp³-hybridized carbons (Fsp3) is 0.273. The van der Waals surface area contributed by atoms with Gasteiger partial charge in [-0.25, -0.2) is 13.4 Å². The average molecular weight is 427 g/mol. The number of sulfone groups is 1. The third kappa shape index (κ3) is 4.41. The molecule has 0 atom stereocenters. The summed E-state index contributed by atoms with van der Waals surface area (Å²) in [6, 6.07) is 14.9. The van der Waals surface area contributed by atoms with Gasteiger partial charge in [-0.15, -0.1) is 11.3 Å². The zero-order chi connectivity index (χ0) is 20.6. The summed E-state index contributed by atoms with van der Waals surface area (Å²) >= 11 is 1.44. The van der Waals surface area contributed by atoms with Crippen molar-refractivity contribution in [3.05, 3.63) is 70.0 Å². The van der Waals surface area contributed by atoms with Crippen LogP contribution in [0, 0.1) is 0 Å². The predicted molar refractivity (Wildman–Crippen MR) is 115 cm³/mol. The van der Waals surface area contributed by atoms with Gasteiger partial charge in [-0.05, 0) is 43.0 Å². The first kappa shape index (κ1) is 19.8. The molecule has 4 rings (SSSR count). The van der Waals surface area contributed by atoms with E-state index in [9.17, 15) is 13.2 Å². The molecule has 1 aliphatic carbocycles. The molecule has 0 unspecified atom stereocenters. The Bertz CT molecular complexity index is 1140. The largest absolute Gasteiger partial charge is 0.350 e. The first-order chi connectivity index (χ1) is 13.7. The molecule has 1 amide bonds. The van der Waals surface area contributed by atoms with Gasteiger partial charge in [0.25, 0.3) is 0 Å². The zero-order valence-corrected chi connectivity index (χ0v) is 17.9. The minimum Gasteiger partial charge on any atom is -0.350 e. The van der Waals surface area contributed by atoms with Gasteiger partial charge < -0.3 is 5.32 Å². The van der Waals surface area contributed by atoms with E-state index in [2.05, 4.69) is 29.4 Å². The Morgan fingerprint density at radius 1 is 1.10 bits per heavy atom. The van der Waals surface area contributed by atoms with Crippen molar-refractivity contribution in [1.29, 1.82) is 0 Å². The molecule has 0 spiro atoms. The van der Waals surface area contributed by atoms with Gasteiger partial charge in [0.2, 0.25) is 5.91 Å². The summed E-state index contributed by atoms with van der Waals surface area (Å²) < 4.78 is 23.2. The number of rotatable bonds is 5. The van der Waals surface area contributed by atoms with E-state index in [0.29, 0.717) is 0 Å². The number of hydrogen-bond acceptors (Lipinski definition) is 5. The Morgan fingerprint density at radius 2 is 1.72 bits per heavy atom. The summed E-state index contributed by atoms with van der Waals surface area (Å²) in [6.07, 6.45) is 3.10. The fourth-order valence-corrected chi connectivity index (χ4v) is 5.24. The van der Waals surface area contributed by atoms with E-state index in [1.54, 1.807) is 24.3 Å². The van der Waals surface area contributed by atoms with Crippen molar-refractivity contribution in [2.75, 3.05) is 6.26 Å². The molecule has 1 N–H and O–H groups in total. The smallest absolute Gasteiger partial charge is 0.227 e. The van der Waals surface area contributed by atoms with Crippen LogP contribution in [-0.2, 0) is 33.9 Å². The summed E-state index contributed by atoms with van der Waals surface area (Å²) in [5.74, 6) is -0.0337. The number of thiazole rings is 1. The first-order valence-electron chi connectivity index (χ1n) is 9.35. The van der Waals surface area contributed by atoms with Crippen LogP contribution in [0.4, 0.5) is 0 Å². The van der Waals surface area contributed by atoms with Gasteiger partial charge in [-0.3, -0.25) is 4.79 Å². The molecule has 0 saturated heterocycles. The van der Waals surface area contributed by atoms with E-state index >= 15 is 0 Å². The summed E-state index contributed by atoms with van der Waals surface area (Å²) in [5.41, 5.74) is 3.91. The van der Waals surface area contributed by atoms with E-state index in [1.165, 1.54) is 28.7 Å². The lowest BCUT2D eigenvalue weighted by molar-refractivity contribution is -0.122. The van der Waals surface area contributed by atoms with Crippen molar-refractivity contribution >= 4 is 27.1 Å². The van der Waals surface area contributed by atoms with E-state index in [-0.39, 0.29) is 22.8 Å². The van der Waals surface area contributed by atoms with Crippen LogP contribution in [0.1, 0.15) is 23.1 Å². The Hall–Kier alpha value is -2.51. The standard InChI is InChI=1S/C22H22N2O3S2/c1-22(12-16-5-3-4-6-17(16)13-22)24-20(25)11-21-23-19(14-28-21)15-7-9-18(10-8-15)29(2,26)27/h3-10,14H,11-13H2,1-2H3,(H,24,25). The number of benzene rings is 2. The number of hydrogen-bond donors (Lipinski definition) is 1. The van der Waals surface area contributed by atoms with Gasteiger partial charge in [0, 0.05) is 22.7 Å². The molecule has 1 heterocycles. The lowest BCUT2D eigenvalue weighted by Gasteiger charge is -2.25. The van der Waals surface area contributed by atoms with Crippen LogP contribution in [0.15, 0.2) is 58.8 Å². The van der Waals surface area contributed by atoms with Crippen LogP contribution in [0.25, 0.3) is 11.3 Å². The van der Waals surface area contributed by atoms with Crippen molar-refractivity contribution in [3.63, 3.8) is 0 Å². The second-order valence-corrected chi connectivity index (χ2v) is 10.8. The number of amides is 1. The molecular formula is C22H22N2O3S2. The summed E-state index contributed by atoms with van der Waals surface area (Å²) in [6.45, 7) is 2.08. The molecule has 1 aromatic heterocycles. The van der Waals surface area contributed by atoms with Crippen LogP contribution in [-0.4, -0.2) is 31.1 Å². The van der Waals surface area contributed by atoms with Gasteiger partial charge in [0.15, 0.2) is 9.84 Å². The lowest BCUT2D eigenvalue weighted by atomic mass is 9.98. The van der Waals surface area contributed by atoms with Gasteiger partial charge in [0.1, 0.15) is 5.01 Å². The summed E-state index contributed by atoms with van der Waals surface area (Å²) in [4.78, 5) is 17.5. The normalized spacial score (nSPS) is 15.1. The Kier molecular flexibility index (Phi) is 5.04. The molecule has 0 bridgehead atoms. The van der Waals surface area contributed by atoms with E-state index in [0.717, 1.165) is 29.1 Å². The Balaban J connectivity index is 1.41. The van der Waals surface area contributed by atoms with Crippen LogP contribution in [0.5, 0.6) is 0 Å². The van der Waals surface area contributed by atoms with Crippen molar-refractivity contribution < 1.29 is 13.2 Å². The maximum Gasteiger partial charge on any atom is 0.227 e. The molecule has 150 valence electrons. The van der Waals surface area contributed by atoms with Crippen molar-refractivity contribution in [2.45, 2.75) is 36.6 Å². The van der Waals surface area contributed by atoms with E-state index in [4.69, 9.17) is 0 Å². The molecule has 0 fully saturated rings. The quantitative estimate of drug-likeness (QED) is 0.678. The van der Waals surface area contributed by atoms with Crippen molar-refractivity contribution in [3.8, 4) is 11.3 Å². The minimum absolute atomic E-state index is 0.0337. The third-order valence-electron chi connectivity index (χ3n) is 5.16. The van der Waals surface area contributed by atoms with Crippen molar-refractivity contribution in [2.24, 2.45) is 0 Å². The van der Waals surface area contributed by atoms with Gasteiger partial charge in [0.05, 0.1) is 17.0 Å². The topological polar surface area (TPSA) is 76.1 Å². The number of carbonyl (C=O) groups is 1. The molecule has 0 saturated carbocycles. The molecule has 0 radical (unpaired) electrons. The summed E-state index contributed by atoms with van der Waals surface area (Å²) in [7, 11) is -3.22. The van der Waals surface area contributed by atoms with Crippen LogP contribution in [0.3, 0.4) is 0 Å². The van der Waals surface area contributed by atoms with E-state index < -0.39 is 9.84 Å². The molecule has 0 aliphatic heterocycles. The predicted octanol–water partition coefficient (Wildman–Crippen LogP) is 3.43. The van der Waals surface area contributed by atoms with Gasteiger partial charge in [-0.1, -0.05) is 36.4 Å². The monoisotopic (exact) mass is 426 g/mol. The zero-order valence-electron chi connectivity index (χ0n) is 16.3. The maximum atomic E-state index is 12.6. The lowest BCUT2D eigenvalue weighted by Crippen LogP contribution is -2.47. The Labute approximate surface area is 174 Å². The third-order valence-corrected chi connectivity index (χ3v) is 7.14. The molecule has 2 aromatic carbocycles. The number of carbonyl (C=O) groups excluding carboxylic acids is 1.